The van der Waals surface area contributed by atoms with E-state index in [4.69, 9.17) is 0 Å². The Bertz CT molecular complexity index is 537. The molecule has 2 N–H and O–H groups in total. The number of anilines is 1. The first-order valence-electron chi connectivity index (χ1n) is 6.97. The van der Waals surface area contributed by atoms with Gasteiger partial charge >= 0.3 is 0 Å². The molecule has 0 saturated heterocycles. The molecule has 0 bridgehead atoms. The zero-order valence-corrected chi connectivity index (χ0v) is 12.3. The molecule has 1 unspecified atom stereocenters. The van der Waals surface area contributed by atoms with Crippen molar-refractivity contribution in [1.82, 2.24) is 5.32 Å². The third-order valence-electron chi connectivity index (χ3n) is 3.70. The van der Waals surface area contributed by atoms with Gasteiger partial charge in [-0.25, -0.2) is 0 Å². The van der Waals surface area contributed by atoms with Crippen molar-refractivity contribution in [2.75, 3.05) is 11.9 Å². The topological polar surface area (TPSA) is 64.9 Å². The smallest absolute Gasteiger partial charge is 0.240 e. The van der Waals surface area contributed by atoms with Crippen LogP contribution in [-0.2, 0) is 4.79 Å². The molecule has 1 fully saturated rings. The van der Waals surface area contributed by atoms with Crippen LogP contribution in [-0.4, -0.2) is 18.0 Å². The second-order valence-electron chi connectivity index (χ2n) is 5.87. The van der Waals surface area contributed by atoms with E-state index in [1.54, 1.807) is 6.92 Å². The first-order valence-corrected chi connectivity index (χ1v) is 6.97. The number of carbonyl (C=O) groups is 1. The van der Waals surface area contributed by atoms with Crippen molar-refractivity contribution >= 4 is 11.6 Å². The van der Waals surface area contributed by atoms with Gasteiger partial charge in [-0.3, -0.25) is 4.79 Å². The van der Waals surface area contributed by atoms with Crippen molar-refractivity contribution in [2.24, 2.45) is 5.92 Å². The molecule has 0 spiro atoms. The lowest BCUT2D eigenvalue weighted by Crippen LogP contribution is -2.48. The molecule has 1 saturated carbocycles. The highest BCUT2D eigenvalue weighted by atomic mass is 16.2. The number of nitrogens with one attached hydrogen (secondary N) is 2. The number of aryl methyl sites for hydroxylation is 2. The van der Waals surface area contributed by atoms with Gasteiger partial charge in [-0.05, 0) is 62.8 Å². The Morgan fingerprint density at radius 1 is 1.35 bits per heavy atom. The summed E-state index contributed by atoms with van der Waals surface area (Å²) in [6, 6.07) is 8.33. The number of carbonyl (C=O) groups excluding carboxylic acids is 1. The normalized spacial score (nSPS) is 16.9. The maximum atomic E-state index is 12.0. The summed E-state index contributed by atoms with van der Waals surface area (Å²) >= 11 is 0. The van der Waals surface area contributed by atoms with Crippen LogP contribution in [0.4, 0.5) is 5.69 Å². The summed E-state index contributed by atoms with van der Waals surface area (Å²) in [5.41, 5.74) is 2.53. The molecule has 4 heteroatoms. The minimum absolute atomic E-state index is 0.139. The molecule has 0 aliphatic heterocycles. The van der Waals surface area contributed by atoms with Crippen LogP contribution in [0.3, 0.4) is 0 Å². The highest BCUT2D eigenvalue weighted by Gasteiger charge is 2.42. The first-order chi connectivity index (χ1) is 9.43. The Hall–Kier alpha value is -2.02. The molecule has 0 aromatic heterocycles. The number of amides is 1. The molecule has 0 heterocycles. The van der Waals surface area contributed by atoms with Gasteiger partial charge in [0.15, 0.2) is 0 Å². The van der Waals surface area contributed by atoms with Crippen LogP contribution in [0.1, 0.15) is 30.9 Å². The van der Waals surface area contributed by atoms with Gasteiger partial charge in [-0.2, -0.15) is 5.26 Å². The van der Waals surface area contributed by atoms with Gasteiger partial charge in [0.05, 0.1) is 12.6 Å². The van der Waals surface area contributed by atoms with E-state index >= 15 is 0 Å². The van der Waals surface area contributed by atoms with Gasteiger partial charge in [0, 0.05) is 5.69 Å². The van der Waals surface area contributed by atoms with E-state index in [0.29, 0.717) is 5.92 Å². The van der Waals surface area contributed by atoms with Crippen LogP contribution >= 0.6 is 0 Å². The average Bonchev–Trinajstić information content (AvgIpc) is 3.19. The summed E-state index contributed by atoms with van der Waals surface area (Å²) in [5, 5.41) is 15.2. The molecule has 1 aromatic carbocycles. The molecule has 106 valence electrons. The summed E-state index contributed by atoms with van der Waals surface area (Å²) in [6.45, 7) is 6.04. The second-order valence-corrected chi connectivity index (χ2v) is 5.87. The number of benzene rings is 1. The van der Waals surface area contributed by atoms with Gasteiger partial charge in [0.1, 0.15) is 5.54 Å². The number of hydrogen-bond acceptors (Lipinski definition) is 3. The van der Waals surface area contributed by atoms with Gasteiger partial charge in [-0.15, -0.1) is 0 Å². The molecule has 2 rings (SSSR count). The van der Waals surface area contributed by atoms with E-state index in [1.165, 1.54) is 0 Å². The first kappa shape index (κ1) is 14.4. The molecule has 0 radical (unpaired) electrons. The van der Waals surface area contributed by atoms with Crippen molar-refractivity contribution in [2.45, 2.75) is 39.2 Å². The molecule has 1 aromatic rings. The summed E-state index contributed by atoms with van der Waals surface area (Å²) in [7, 11) is 0. The predicted molar refractivity (Wildman–Crippen MR) is 79.3 cm³/mol. The van der Waals surface area contributed by atoms with E-state index in [2.05, 4.69) is 22.8 Å². The molecular formula is C16H21N3O. The number of rotatable bonds is 5. The predicted octanol–water partition coefficient (Wildman–Crippen LogP) is 2.52. The molecule has 4 nitrogen and oxygen atoms in total. The minimum atomic E-state index is -0.721. The van der Waals surface area contributed by atoms with Crippen LogP contribution in [0.25, 0.3) is 0 Å². The van der Waals surface area contributed by atoms with Gasteiger partial charge in [0.2, 0.25) is 5.91 Å². The summed E-state index contributed by atoms with van der Waals surface area (Å²) < 4.78 is 0. The fourth-order valence-corrected chi connectivity index (χ4v) is 2.47. The van der Waals surface area contributed by atoms with Gasteiger partial charge < -0.3 is 10.6 Å². The number of nitriles is 1. The summed E-state index contributed by atoms with van der Waals surface area (Å²) in [5.74, 6) is 0.165. The van der Waals surface area contributed by atoms with E-state index in [1.807, 2.05) is 26.0 Å². The Kier molecular flexibility index (Phi) is 3.99. The van der Waals surface area contributed by atoms with Crippen molar-refractivity contribution in [1.29, 1.82) is 5.26 Å². The SMILES string of the molecule is Cc1cc(C)cc(NCC(=O)NC(C)(C#N)C2CC2)c1. The lowest BCUT2D eigenvalue weighted by molar-refractivity contribution is -0.120. The third-order valence-corrected chi connectivity index (χ3v) is 3.70. The Morgan fingerprint density at radius 3 is 2.45 bits per heavy atom. The fourth-order valence-electron chi connectivity index (χ4n) is 2.47. The van der Waals surface area contributed by atoms with Crippen LogP contribution in [0, 0.1) is 31.1 Å². The molecule has 1 aliphatic carbocycles. The molecule has 1 aliphatic rings. The largest absolute Gasteiger partial charge is 0.376 e. The van der Waals surface area contributed by atoms with Crippen molar-refractivity contribution in [3.05, 3.63) is 29.3 Å². The summed E-state index contributed by atoms with van der Waals surface area (Å²) in [4.78, 5) is 12.0. The highest BCUT2D eigenvalue weighted by molar-refractivity contribution is 5.82. The minimum Gasteiger partial charge on any atom is -0.376 e. The van der Waals surface area contributed by atoms with Gasteiger partial charge in [0.25, 0.3) is 0 Å². The van der Waals surface area contributed by atoms with Crippen molar-refractivity contribution < 1.29 is 4.79 Å². The molecule has 20 heavy (non-hydrogen) atoms. The van der Waals surface area contributed by atoms with Crippen LogP contribution < -0.4 is 10.6 Å². The standard InChI is InChI=1S/C16H21N3O/c1-11-6-12(2)8-14(7-11)18-9-15(20)19-16(3,10-17)13-4-5-13/h6-8,13,18H,4-5,9H2,1-3H3,(H,19,20). The zero-order valence-electron chi connectivity index (χ0n) is 12.3. The second kappa shape index (κ2) is 5.54. The molecule has 1 amide bonds. The number of nitrogens with zero attached hydrogens (tertiary/aromatic N) is 1. The highest BCUT2D eigenvalue weighted by Crippen LogP contribution is 2.39. The lowest BCUT2D eigenvalue weighted by Gasteiger charge is -2.23. The number of hydrogen-bond donors (Lipinski definition) is 2. The average molecular weight is 271 g/mol. The monoisotopic (exact) mass is 271 g/mol. The maximum absolute atomic E-state index is 12.0. The lowest BCUT2D eigenvalue weighted by atomic mass is 9.98. The fraction of sp³-hybridized carbons (Fsp3) is 0.500. The quantitative estimate of drug-likeness (QED) is 0.865. The summed E-state index contributed by atoms with van der Waals surface area (Å²) in [6.07, 6.45) is 2.05. The van der Waals surface area contributed by atoms with E-state index in [-0.39, 0.29) is 12.5 Å². The van der Waals surface area contributed by atoms with Crippen LogP contribution in [0.15, 0.2) is 18.2 Å². The third kappa shape index (κ3) is 3.51. The molecular weight excluding hydrogens is 250 g/mol. The van der Waals surface area contributed by atoms with Crippen molar-refractivity contribution in [3.8, 4) is 6.07 Å². The Morgan fingerprint density at radius 2 is 1.95 bits per heavy atom. The van der Waals surface area contributed by atoms with E-state index in [9.17, 15) is 10.1 Å². The van der Waals surface area contributed by atoms with E-state index in [0.717, 1.165) is 29.7 Å². The zero-order chi connectivity index (χ0) is 14.8. The van der Waals surface area contributed by atoms with Crippen LogP contribution in [0.5, 0.6) is 0 Å². The Labute approximate surface area is 120 Å². The Balaban J connectivity index is 1.90. The van der Waals surface area contributed by atoms with E-state index < -0.39 is 5.54 Å². The maximum Gasteiger partial charge on any atom is 0.240 e. The van der Waals surface area contributed by atoms with Crippen LogP contribution in [0.2, 0.25) is 0 Å². The van der Waals surface area contributed by atoms with Gasteiger partial charge in [-0.1, -0.05) is 6.07 Å². The molecule has 1 atom stereocenters. The van der Waals surface area contributed by atoms with Crippen molar-refractivity contribution in [3.63, 3.8) is 0 Å².